The third-order valence-corrected chi connectivity index (χ3v) is 5.09. The molecular weight excluding hydrogens is 346 g/mol. The lowest BCUT2D eigenvalue weighted by atomic mass is 9.98. The number of guanidine groups is 1. The van der Waals surface area contributed by atoms with Crippen molar-refractivity contribution in [1.29, 1.82) is 0 Å². The molecule has 0 radical (unpaired) electrons. The van der Waals surface area contributed by atoms with Gasteiger partial charge in [-0.3, -0.25) is 9.79 Å². The smallest absolute Gasteiger partial charge is 0.247 e. The highest BCUT2D eigenvalue weighted by Crippen LogP contribution is 2.22. The highest BCUT2D eigenvalue weighted by molar-refractivity contribution is 5.80. The van der Waals surface area contributed by atoms with Gasteiger partial charge in [-0.1, -0.05) is 25.5 Å². The van der Waals surface area contributed by atoms with Crippen LogP contribution in [0.25, 0.3) is 0 Å². The first-order valence-corrected chi connectivity index (χ1v) is 9.66. The summed E-state index contributed by atoms with van der Waals surface area (Å²) in [4.78, 5) is 19.0. The number of carbonyl (C=O) groups excluding carboxylic acids is 1. The lowest BCUT2D eigenvalue weighted by Crippen LogP contribution is -2.48. The number of rotatable bonds is 9. The van der Waals surface area contributed by atoms with E-state index in [0.717, 1.165) is 19.5 Å². The van der Waals surface area contributed by atoms with E-state index in [2.05, 4.69) is 34.5 Å². The Labute approximate surface area is 160 Å². The SMILES string of the molecule is CC[C@H](C)C(N)c1cn(C(CCCN=C(N)N)C(=O)N2CCNCC2)nn1. The number of hydrogen-bond acceptors (Lipinski definition) is 6. The molecule has 27 heavy (non-hydrogen) atoms. The van der Waals surface area contributed by atoms with Crippen molar-refractivity contribution < 1.29 is 4.79 Å². The second kappa shape index (κ2) is 10.2. The fourth-order valence-electron chi connectivity index (χ4n) is 3.10. The average Bonchev–Trinajstić information content (AvgIpc) is 3.16. The zero-order chi connectivity index (χ0) is 19.8. The van der Waals surface area contributed by atoms with Gasteiger partial charge in [-0.25, -0.2) is 4.68 Å². The number of hydrogen-bond donors (Lipinski definition) is 4. The third-order valence-electron chi connectivity index (χ3n) is 5.09. The van der Waals surface area contributed by atoms with Crippen LogP contribution in [0.15, 0.2) is 11.2 Å². The summed E-state index contributed by atoms with van der Waals surface area (Å²) in [5, 5.41) is 11.7. The van der Waals surface area contributed by atoms with Crippen LogP contribution in [0.4, 0.5) is 0 Å². The lowest BCUT2D eigenvalue weighted by molar-refractivity contribution is -0.136. The van der Waals surface area contributed by atoms with Crippen molar-refractivity contribution in [3.05, 3.63) is 11.9 Å². The minimum atomic E-state index is -0.428. The number of nitrogens with two attached hydrogens (primary N) is 3. The van der Waals surface area contributed by atoms with Crippen molar-refractivity contribution in [2.75, 3.05) is 32.7 Å². The van der Waals surface area contributed by atoms with Gasteiger partial charge in [-0.15, -0.1) is 5.10 Å². The highest BCUT2D eigenvalue weighted by atomic mass is 16.2. The van der Waals surface area contributed by atoms with Crippen molar-refractivity contribution in [1.82, 2.24) is 25.2 Å². The molecule has 10 heteroatoms. The van der Waals surface area contributed by atoms with Gasteiger partial charge in [0, 0.05) is 32.7 Å². The average molecular weight is 380 g/mol. The van der Waals surface area contributed by atoms with Crippen molar-refractivity contribution in [2.45, 2.75) is 45.2 Å². The quantitative estimate of drug-likeness (QED) is 0.252. The molecule has 0 aromatic carbocycles. The summed E-state index contributed by atoms with van der Waals surface area (Å²) in [6.45, 7) is 7.63. The maximum atomic E-state index is 13.1. The number of aliphatic imine (C=N–C) groups is 1. The number of amides is 1. The molecule has 152 valence electrons. The van der Waals surface area contributed by atoms with Crippen LogP contribution in [-0.4, -0.2) is 64.5 Å². The van der Waals surface area contributed by atoms with E-state index < -0.39 is 6.04 Å². The first kappa shape index (κ1) is 21.1. The van der Waals surface area contributed by atoms with Gasteiger partial charge in [0.05, 0.1) is 17.9 Å². The molecule has 0 aliphatic carbocycles. The summed E-state index contributed by atoms with van der Waals surface area (Å²) < 4.78 is 1.65. The maximum absolute atomic E-state index is 13.1. The normalized spacial score (nSPS) is 18.0. The molecule has 1 aliphatic rings. The fraction of sp³-hybridized carbons (Fsp3) is 0.765. The van der Waals surface area contributed by atoms with Crippen molar-refractivity contribution in [2.24, 2.45) is 28.1 Å². The number of nitrogens with one attached hydrogen (secondary N) is 1. The molecule has 1 amide bonds. The molecule has 2 heterocycles. The van der Waals surface area contributed by atoms with Crippen LogP contribution in [0.2, 0.25) is 0 Å². The molecule has 1 fully saturated rings. The zero-order valence-electron chi connectivity index (χ0n) is 16.3. The van der Waals surface area contributed by atoms with E-state index >= 15 is 0 Å². The van der Waals surface area contributed by atoms with Gasteiger partial charge in [0.25, 0.3) is 0 Å². The van der Waals surface area contributed by atoms with Gasteiger partial charge in [0.2, 0.25) is 5.91 Å². The van der Waals surface area contributed by atoms with E-state index in [4.69, 9.17) is 17.2 Å². The summed E-state index contributed by atoms with van der Waals surface area (Å²) in [6.07, 6.45) is 4.02. The number of piperazine rings is 1. The summed E-state index contributed by atoms with van der Waals surface area (Å²) in [7, 11) is 0. The predicted molar refractivity (Wildman–Crippen MR) is 105 cm³/mol. The standard InChI is InChI=1S/C17H33N9O/c1-3-12(2)15(18)13-11-26(24-23-13)14(5-4-6-22-17(19)20)16(27)25-9-7-21-8-10-25/h11-12,14-15,21H,3-10,18H2,1-2H3,(H4,19,20,22)/t12-,14?,15?/m0/s1. The summed E-state index contributed by atoms with van der Waals surface area (Å²) in [6, 6.07) is -0.622. The minimum absolute atomic E-state index is 0.0507. The van der Waals surface area contributed by atoms with Gasteiger partial charge in [0.15, 0.2) is 5.96 Å². The van der Waals surface area contributed by atoms with Crippen molar-refractivity contribution in [3.8, 4) is 0 Å². The summed E-state index contributed by atoms with van der Waals surface area (Å²) >= 11 is 0. The van der Waals surface area contributed by atoms with E-state index in [1.165, 1.54) is 0 Å². The Bertz CT molecular complexity index is 620. The molecule has 0 bridgehead atoms. The monoisotopic (exact) mass is 379 g/mol. The van der Waals surface area contributed by atoms with E-state index in [1.807, 2.05) is 11.1 Å². The van der Waals surface area contributed by atoms with Gasteiger partial charge in [-0.05, 0) is 18.8 Å². The lowest BCUT2D eigenvalue weighted by Gasteiger charge is -2.30. The Hall–Kier alpha value is -2.20. The van der Waals surface area contributed by atoms with Gasteiger partial charge in [-0.2, -0.15) is 0 Å². The minimum Gasteiger partial charge on any atom is -0.370 e. The molecule has 1 aromatic rings. The summed E-state index contributed by atoms with van der Waals surface area (Å²) in [5.74, 6) is 0.400. The van der Waals surface area contributed by atoms with E-state index in [1.54, 1.807) is 4.68 Å². The number of carbonyl (C=O) groups is 1. The predicted octanol–water partition coefficient (Wildman–Crippen LogP) is -0.649. The Morgan fingerprint density at radius 3 is 2.70 bits per heavy atom. The maximum Gasteiger partial charge on any atom is 0.247 e. The molecule has 10 nitrogen and oxygen atoms in total. The van der Waals surface area contributed by atoms with Crippen LogP contribution >= 0.6 is 0 Å². The third kappa shape index (κ3) is 5.90. The second-order valence-corrected chi connectivity index (χ2v) is 7.07. The second-order valence-electron chi connectivity index (χ2n) is 7.07. The molecule has 0 saturated carbocycles. The Kier molecular flexibility index (Phi) is 7.99. The van der Waals surface area contributed by atoms with Crippen molar-refractivity contribution in [3.63, 3.8) is 0 Å². The zero-order valence-corrected chi connectivity index (χ0v) is 16.3. The number of nitrogens with zero attached hydrogens (tertiary/aromatic N) is 5. The molecule has 1 aliphatic heterocycles. The van der Waals surface area contributed by atoms with Crippen LogP contribution in [-0.2, 0) is 4.79 Å². The topological polar surface area (TPSA) is 153 Å². The van der Waals surface area contributed by atoms with E-state index in [-0.39, 0.29) is 17.9 Å². The van der Waals surface area contributed by atoms with Gasteiger partial charge < -0.3 is 27.4 Å². The van der Waals surface area contributed by atoms with Crippen LogP contribution in [0.3, 0.4) is 0 Å². The van der Waals surface area contributed by atoms with Crippen LogP contribution in [0, 0.1) is 5.92 Å². The first-order valence-electron chi connectivity index (χ1n) is 9.66. The molecule has 2 unspecified atom stereocenters. The Morgan fingerprint density at radius 1 is 1.37 bits per heavy atom. The van der Waals surface area contributed by atoms with Gasteiger partial charge in [0.1, 0.15) is 6.04 Å². The molecule has 0 spiro atoms. The summed E-state index contributed by atoms with van der Waals surface area (Å²) in [5.41, 5.74) is 17.7. The Balaban J connectivity index is 2.14. The molecule has 3 atom stereocenters. The molecular formula is C17H33N9O. The van der Waals surface area contributed by atoms with Crippen LogP contribution in [0.5, 0.6) is 0 Å². The Morgan fingerprint density at radius 2 is 2.07 bits per heavy atom. The van der Waals surface area contributed by atoms with Gasteiger partial charge >= 0.3 is 0 Å². The fourth-order valence-corrected chi connectivity index (χ4v) is 3.10. The van der Waals surface area contributed by atoms with E-state index in [0.29, 0.717) is 44.1 Å². The molecule has 1 saturated heterocycles. The van der Waals surface area contributed by atoms with Crippen LogP contribution < -0.4 is 22.5 Å². The van der Waals surface area contributed by atoms with Crippen molar-refractivity contribution >= 4 is 11.9 Å². The largest absolute Gasteiger partial charge is 0.370 e. The molecule has 1 aromatic heterocycles. The highest BCUT2D eigenvalue weighted by Gasteiger charge is 2.28. The molecule has 2 rings (SSSR count). The van der Waals surface area contributed by atoms with E-state index in [9.17, 15) is 4.79 Å². The number of aromatic nitrogens is 3. The van der Waals surface area contributed by atoms with Crippen LogP contribution in [0.1, 0.15) is 50.9 Å². The first-order chi connectivity index (χ1) is 12.9. The molecule has 7 N–H and O–H groups in total.